The molecule has 0 aliphatic carbocycles. The van der Waals surface area contributed by atoms with Gasteiger partial charge in [-0.1, -0.05) is 0 Å². The van der Waals surface area contributed by atoms with E-state index >= 15 is 0 Å². The van der Waals surface area contributed by atoms with Crippen molar-refractivity contribution in [2.24, 2.45) is 4.36 Å². The number of hydrogen-bond donors (Lipinski definition) is 1. The molecule has 0 bridgehead atoms. The summed E-state index contributed by atoms with van der Waals surface area (Å²) in [6, 6.07) is 0. The third kappa shape index (κ3) is 2.35. The molecule has 1 aliphatic heterocycles. The van der Waals surface area contributed by atoms with Gasteiger partial charge >= 0.3 is 5.97 Å². The number of carbonyl (C=O) groups is 1. The standard InChI is InChI=1S/C8H11NO4S/c1-3-13-8(11)6-4-9-14(2,12)5-7(6)10/h4-5,10H,3H2,1-2H3. The quantitative estimate of drug-likeness (QED) is 0.698. The van der Waals surface area contributed by atoms with Gasteiger partial charge in [0.1, 0.15) is 11.3 Å². The lowest BCUT2D eigenvalue weighted by Gasteiger charge is -2.09. The molecule has 0 spiro atoms. The van der Waals surface area contributed by atoms with Crippen molar-refractivity contribution < 1.29 is 18.8 Å². The van der Waals surface area contributed by atoms with Crippen LogP contribution in [0.25, 0.3) is 0 Å². The van der Waals surface area contributed by atoms with Gasteiger partial charge in [0.2, 0.25) is 0 Å². The molecule has 0 amide bonds. The van der Waals surface area contributed by atoms with Gasteiger partial charge in [0.15, 0.2) is 0 Å². The maximum atomic E-state index is 11.3. The van der Waals surface area contributed by atoms with Gasteiger partial charge in [0.25, 0.3) is 0 Å². The molecule has 0 fully saturated rings. The number of hydrogen-bond acceptors (Lipinski definition) is 5. The van der Waals surface area contributed by atoms with Crippen molar-refractivity contribution >= 4 is 15.7 Å². The van der Waals surface area contributed by atoms with Crippen molar-refractivity contribution in [3.05, 3.63) is 22.9 Å². The summed E-state index contributed by atoms with van der Waals surface area (Å²) in [5, 5.41) is 10.4. The van der Waals surface area contributed by atoms with Crippen LogP contribution >= 0.6 is 0 Å². The Kier molecular flexibility index (Phi) is 2.95. The van der Waals surface area contributed by atoms with Crippen LogP contribution in [0, 0.1) is 0 Å². The lowest BCUT2D eigenvalue weighted by molar-refractivity contribution is -0.138. The second kappa shape index (κ2) is 3.83. The fraction of sp³-hybridized carbons (Fsp3) is 0.375. The predicted octanol–water partition coefficient (Wildman–Crippen LogP) is 0.944. The average molecular weight is 217 g/mol. The highest BCUT2D eigenvalue weighted by Gasteiger charge is 2.19. The summed E-state index contributed by atoms with van der Waals surface area (Å²) in [6.07, 6.45) is 2.44. The molecule has 1 rings (SSSR count). The summed E-state index contributed by atoms with van der Waals surface area (Å²) in [7, 11) is -2.53. The van der Waals surface area contributed by atoms with E-state index in [1.807, 2.05) is 0 Å². The number of carbonyl (C=O) groups excluding carboxylic acids is 1. The van der Waals surface area contributed by atoms with Crippen molar-refractivity contribution in [1.82, 2.24) is 0 Å². The smallest absolute Gasteiger partial charge is 0.343 e. The molecule has 0 saturated heterocycles. The summed E-state index contributed by atoms with van der Waals surface area (Å²) >= 11 is 0. The Hall–Kier alpha value is -1.30. The molecule has 0 aromatic heterocycles. The first-order chi connectivity index (χ1) is 6.46. The van der Waals surface area contributed by atoms with Crippen molar-refractivity contribution in [3.63, 3.8) is 0 Å². The number of rotatable bonds is 2. The largest absolute Gasteiger partial charge is 0.506 e. The van der Waals surface area contributed by atoms with Crippen LogP contribution in [0.3, 0.4) is 0 Å². The summed E-state index contributed by atoms with van der Waals surface area (Å²) in [4.78, 5) is 11.2. The van der Waals surface area contributed by atoms with Crippen LogP contribution in [0.5, 0.6) is 0 Å². The zero-order valence-electron chi connectivity index (χ0n) is 7.89. The molecular formula is C8H11NO4S. The SMILES string of the molecule is CCOC(=O)C1=CN=S(C)(=O)C=C1O. The zero-order valence-corrected chi connectivity index (χ0v) is 8.71. The first-order valence-electron chi connectivity index (χ1n) is 3.96. The lowest BCUT2D eigenvalue weighted by Crippen LogP contribution is -2.12. The Morgan fingerprint density at radius 3 is 2.86 bits per heavy atom. The molecule has 1 N–H and O–H groups in total. The van der Waals surface area contributed by atoms with E-state index in [9.17, 15) is 14.1 Å². The van der Waals surface area contributed by atoms with Crippen LogP contribution in [0.2, 0.25) is 0 Å². The fourth-order valence-corrected chi connectivity index (χ4v) is 1.81. The van der Waals surface area contributed by atoms with Crippen LogP contribution in [0.15, 0.2) is 27.3 Å². The Morgan fingerprint density at radius 1 is 1.71 bits per heavy atom. The van der Waals surface area contributed by atoms with E-state index in [1.165, 1.54) is 6.26 Å². The van der Waals surface area contributed by atoms with E-state index in [-0.39, 0.29) is 17.9 Å². The third-order valence-electron chi connectivity index (χ3n) is 1.49. The van der Waals surface area contributed by atoms with Gasteiger partial charge in [-0.2, -0.15) is 0 Å². The van der Waals surface area contributed by atoms with Gasteiger partial charge in [-0.25, -0.2) is 13.4 Å². The van der Waals surface area contributed by atoms with Crippen LogP contribution < -0.4 is 0 Å². The average Bonchev–Trinajstić information content (AvgIpc) is 2.02. The second-order valence-electron chi connectivity index (χ2n) is 2.73. The first-order valence-corrected chi connectivity index (χ1v) is 5.94. The van der Waals surface area contributed by atoms with Gasteiger partial charge in [0.05, 0.1) is 27.9 Å². The molecule has 0 aromatic carbocycles. The summed E-state index contributed by atoms with van der Waals surface area (Å²) in [5.41, 5.74) is -0.0623. The summed E-state index contributed by atoms with van der Waals surface area (Å²) < 4.78 is 19.6. The normalized spacial score (nSPS) is 25.9. The van der Waals surface area contributed by atoms with Crippen LogP contribution in [-0.4, -0.2) is 28.1 Å². The van der Waals surface area contributed by atoms with E-state index in [1.54, 1.807) is 6.92 Å². The highest BCUT2D eigenvalue weighted by molar-refractivity contribution is 7.95. The van der Waals surface area contributed by atoms with E-state index in [0.717, 1.165) is 11.6 Å². The maximum absolute atomic E-state index is 11.3. The number of nitrogens with zero attached hydrogens (tertiary/aromatic N) is 1. The number of esters is 1. The third-order valence-corrected chi connectivity index (χ3v) is 2.68. The Labute approximate surface area is 82.3 Å². The van der Waals surface area contributed by atoms with Gasteiger partial charge in [-0.15, -0.1) is 0 Å². The minimum Gasteiger partial charge on any atom is -0.506 e. The maximum Gasteiger partial charge on any atom is 0.343 e. The minimum atomic E-state index is -2.53. The monoisotopic (exact) mass is 217 g/mol. The number of aliphatic hydroxyl groups excluding tert-OH is 1. The molecule has 0 saturated carbocycles. The highest BCUT2D eigenvalue weighted by Crippen LogP contribution is 2.16. The molecule has 5 nitrogen and oxygen atoms in total. The van der Waals surface area contributed by atoms with Crippen molar-refractivity contribution in [2.75, 3.05) is 12.9 Å². The molecule has 1 atom stereocenters. The van der Waals surface area contributed by atoms with Crippen molar-refractivity contribution in [1.29, 1.82) is 0 Å². The lowest BCUT2D eigenvalue weighted by atomic mass is 10.2. The summed E-state index contributed by atoms with van der Waals surface area (Å²) in [6.45, 7) is 1.87. The van der Waals surface area contributed by atoms with Crippen LogP contribution in [0.1, 0.15) is 6.92 Å². The topological polar surface area (TPSA) is 76.0 Å². The number of aliphatic hydroxyl groups is 1. The molecule has 78 valence electrons. The van der Waals surface area contributed by atoms with E-state index < -0.39 is 15.7 Å². The molecule has 1 unspecified atom stereocenters. The first kappa shape index (κ1) is 10.8. The van der Waals surface area contributed by atoms with E-state index in [4.69, 9.17) is 0 Å². The van der Waals surface area contributed by atoms with E-state index in [0.29, 0.717) is 0 Å². The molecule has 14 heavy (non-hydrogen) atoms. The molecule has 0 aromatic rings. The molecule has 1 heterocycles. The van der Waals surface area contributed by atoms with Crippen molar-refractivity contribution in [2.45, 2.75) is 6.92 Å². The summed E-state index contributed by atoms with van der Waals surface area (Å²) in [5.74, 6) is -1.01. The van der Waals surface area contributed by atoms with E-state index in [2.05, 4.69) is 9.10 Å². The van der Waals surface area contributed by atoms with Crippen LogP contribution in [-0.2, 0) is 19.3 Å². The van der Waals surface area contributed by atoms with Gasteiger partial charge in [-0.3, -0.25) is 0 Å². The molecule has 1 aliphatic rings. The zero-order chi connectivity index (χ0) is 10.8. The molecule has 0 radical (unpaired) electrons. The molecular weight excluding hydrogens is 206 g/mol. The van der Waals surface area contributed by atoms with Crippen molar-refractivity contribution in [3.8, 4) is 0 Å². The Balaban J connectivity index is 3.02. The number of ether oxygens (including phenoxy) is 1. The van der Waals surface area contributed by atoms with Gasteiger partial charge < -0.3 is 9.84 Å². The fourth-order valence-electron chi connectivity index (χ4n) is 0.891. The predicted molar refractivity (Wildman–Crippen MR) is 51.9 cm³/mol. The van der Waals surface area contributed by atoms with Crippen LogP contribution in [0.4, 0.5) is 0 Å². The molecule has 6 heteroatoms. The minimum absolute atomic E-state index is 0.0623. The Bertz CT molecular complexity index is 427. The Morgan fingerprint density at radius 2 is 2.36 bits per heavy atom. The highest BCUT2D eigenvalue weighted by atomic mass is 32.2. The van der Waals surface area contributed by atoms with Gasteiger partial charge in [-0.05, 0) is 6.92 Å². The van der Waals surface area contributed by atoms with Gasteiger partial charge in [0, 0.05) is 6.26 Å². The second-order valence-corrected chi connectivity index (χ2v) is 4.90.